The van der Waals surface area contributed by atoms with Gasteiger partial charge < -0.3 is 4.74 Å². The zero-order valence-electron chi connectivity index (χ0n) is 10.4. The molecule has 0 bridgehead atoms. The van der Waals surface area contributed by atoms with E-state index in [1.807, 2.05) is 0 Å². The minimum Gasteiger partial charge on any atom is -0.496 e. The molecule has 6 heteroatoms. The Morgan fingerprint density at radius 2 is 2.00 bits per heavy atom. The Bertz CT molecular complexity index is 639. The lowest BCUT2D eigenvalue weighted by Crippen LogP contribution is -2.07. The van der Waals surface area contributed by atoms with E-state index < -0.39 is 11.7 Å². The maximum absolute atomic E-state index is 12.9. The van der Waals surface area contributed by atoms with Gasteiger partial charge in [0.05, 0.1) is 18.2 Å². The molecule has 0 aliphatic heterocycles. The lowest BCUT2D eigenvalue weighted by Gasteiger charge is -2.13. The molecule has 0 atom stereocenters. The topological polar surface area (TPSA) is 39.2 Å². The summed E-state index contributed by atoms with van der Waals surface area (Å²) in [4.78, 5) is 14.6. The summed E-state index contributed by atoms with van der Waals surface area (Å²) in [6.45, 7) is 0. The molecule has 0 saturated heterocycles. The highest BCUT2D eigenvalue weighted by molar-refractivity contribution is 5.83. The maximum atomic E-state index is 12.9. The van der Waals surface area contributed by atoms with Crippen molar-refractivity contribution in [3.05, 3.63) is 47.8 Å². The molecule has 0 N–H and O–H groups in total. The van der Waals surface area contributed by atoms with E-state index in [1.165, 1.54) is 25.3 Å². The molecule has 0 unspecified atom stereocenters. The first-order chi connectivity index (χ1) is 9.47. The van der Waals surface area contributed by atoms with E-state index in [-0.39, 0.29) is 16.7 Å². The van der Waals surface area contributed by atoms with Gasteiger partial charge in [0.2, 0.25) is 0 Å². The first-order valence-corrected chi connectivity index (χ1v) is 5.62. The third kappa shape index (κ3) is 2.64. The van der Waals surface area contributed by atoms with Crippen LogP contribution in [0.5, 0.6) is 5.75 Å². The van der Waals surface area contributed by atoms with Gasteiger partial charge in [0.25, 0.3) is 0 Å². The van der Waals surface area contributed by atoms with Gasteiger partial charge in [-0.05, 0) is 23.8 Å². The summed E-state index contributed by atoms with van der Waals surface area (Å²) in [5.74, 6) is 0.307. The van der Waals surface area contributed by atoms with Crippen LogP contribution in [0.3, 0.4) is 0 Å². The molecule has 3 nitrogen and oxygen atoms in total. The molecular weight excluding hydrogens is 271 g/mol. The van der Waals surface area contributed by atoms with E-state index in [4.69, 9.17) is 4.74 Å². The van der Waals surface area contributed by atoms with Crippen LogP contribution in [0.25, 0.3) is 11.1 Å². The predicted octanol–water partition coefficient (Wildman–Crippen LogP) is 3.59. The number of benzene rings is 1. The fourth-order valence-electron chi connectivity index (χ4n) is 1.87. The molecule has 1 heterocycles. The number of nitrogens with zero attached hydrogens (tertiary/aromatic N) is 1. The third-order valence-corrected chi connectivity index (χ3v) is 2.79. The minimum atomic E-state index is -4.49. The third-order valence-electron chi connectivity index (χ3n) is 2.79. The number of methoxy groups -OCH3 is 1. The first-order valence-electron chi connectivity index (χ1n) is 5.62. The van der Waals surface area contributed by atoms with Gasteiger partial charge in [0.15, 0.2) is 6.29 Å². The van der Waals surface area contributed by atoms with Crippen LogP contribution in [0.15, 0.2) is 36.7 Å². The second-order valence-electron chi connectivity index (χ2n) is 3.99. The van der Waals surface area contributed by atoms with Crippen molar-refractivity contribution in [3.63, 3.8) is 0 Å². The highest BCUT2D eigenvalue weighted by Gasteiger charge is 2.33. The standard InChI is InChI=1S/C14H10F3NO2/c1-20-13-3-2-9(6-10(13)8-19)11-7-18-5-4-12(11)14(15,16)17/h2-8H,1H3. The van der Waals surface area contributed by atoms with Gasteiger partial charge in [0, 0.05) is 18.0 Å². The number of carbonyl (C=O) groups excluding carboxylic acids is 1. The molecule has 0 amide bonds. The second kappa shape index (κ2) is 5.32. The van der Waals surface area contributed by atoms with Crippen molar-refractivity contribution in [2.75, 3.05) is 7.11 Å². The normalized spacial score (nSPS) is 11.2. The molecule has 0 saturated carbocycles. The Morgan fingerprint density at radius 1 is 1.25 bits per heavy atom. The van der Waals surface area contributed by atoms with Gasteiger partial charge in [-0.25, -0.2) is 0 Å². The number of hydrogen-bond acceptors (Lipinski definition) is 3. The van der Waals surface area contributed by atoms with E-state index in [1.54, 1.807) is 0 Å². The molecule has 20 heavy (non-hydrogen) atoms. The van der Waals surface area contributed by atoms with Crippen LogP contribution in [0.2, 0.25) is 0 Å². The smallest absolute Gasteiger partial charge is 0.417 e. The number of aromatic nitrogens is 1. The van der Waals surface area contributed by atoms with Crippen molar-refractivity contribution >= 4 is 6.29 Å². The quantitative estimate of drug-likeness (QED) is 0.807. The summed E-state index contributed by atoms with van der Waals surface area (Å²) >= 11 is 0. The van der Waals surface area contributed by atoms with Gasteiger partial charge in [0.1, 0.15) is 5.75 Å². The van der Waals surface area contributed by atoms with Crippen LogP contribution >= 0.6 is 0 Å². The molecule has 0 aliphatic carbocycles. The van der Waals surface area contributed by atoms with Crippen LogP contribution in [0, 0.1) is 0 Å². The lowest BCUT2D eigenvalue weighted by molar-refractivity contribution is -0.137. The summed E-state index contributed by atoms with van der Waals surface area (Å²) < 4.78 is 43.8. The Labute approximate surface area is 113 Å². The minimum absolute atomic E-state index is 0.0780. The number of alkyl halides is 3. The highest BCUT2D eigenvalue weighted by Crippen LogP contribution is 2.37. The van der Waals surface area contributed by atoms with Crippen molar-refractivity contribution in [2.45, 2.75) is 6.18 Å². The number of hydrogen-bond donors (Lipinski definition) is 0. The summed E-state index contributed by atoms with van der Waals surface area (Å²) in [7, 11) is 1.38. The number of ether oxygens (including phenoxy) is 1. The van der Waals surface area contributed by atoms with Crippen LogP contribution in [0.4, 0.5) is 13.2 Å². The van der Waals surface area contributed by atoms with E-state index >= 15 is 0 Å². The molecule has 0 spiro atoms. The average molecular weight is 281 g/mol. The monoisotopic (exact) mass is 281 g/mol. The summed E-state index contributed by atoms with van der Waals surface area (Å²) in [5.41, 5.74) is -0.435. The van der Waals surface area contributed by atoms with Crippen molar-refractivity contribution < 1.29 is 22.7 Å². The Morgan fingerprint density at radius 3 is 2.60 bits per heavy atom. The van der Waals surface area contributed by atoms with Gasteiger partial charge in [-0.2, -0.15) is 13.2 Å². The average Bonchev–Trinajstić information content (AvgIpc) is 2.45. The Kier molecular flexibility index (Phi) is 3.74. The molecule has 0 aliphatic rings. The number of carbonyl (C=O) groups is 1. The lowest BCUT2D eigenvalue weighted by atomic mass is 9.99. The van der Waals surface area contributed by atoms with E-state index in [0.29, 0.717) is 12.0 Å². The molecule has 2 aromatic rings. The van der Waals surface area contributed by atoms with Gasteiger partial charge in [-0.1, -0.05) is 6.07 Å². The molecule has 1 aromatic heterocycles. The number of pyridine rings is 1. The fraction of sp³-hybridized carbons (Fsp3) is 0.143. The van der Waals surface area contributed by atoms with Gasteiger partial charge >= 0.3 is 6.18 Å². The molecule has 104 valence electrons. The molecule has 0 fully saturated rings. The van der Waals surface area contributed by atoms with Gasteiger partial charge in [-0.15, -0.1) is 0 Å². The van der Waals surface area contributed by atoms with Crippen LogP contribution in [-0.4, -0.2) is 18.4 Å². The molecule has 2 rings (SSSR count). The Balaban J connectivity index is 2.61. The Hall–Kier alpha value is -2.37. The van der Waals surface area contributed by atoms with Crippen molar-refractivity contribution in [3.8, 4) is 16.9 Å². The summed E-state index contributed by atoms with van der Waals surface area (Å²) in [5, 5.41) is 0. The summed E-state index contributed by atoms with van der Waals surface area (Å²) in [6.07, 6.45) is -1.75. The van der Waals surface area contributed by atoms with E-state index in [9.17, 15) is 18.0 Å². The first kappa shape index (κ1) is 14.0. The van der Waals surface area contributed by atoms with Gasteiger partial charge in [-0.3, -0.25) is 9.78 Å². The molecule has 0 radical (unpaired) electrons. The van der Waals surface area contributed by atoms with Crippen LogP contribution < -0.4 is 4.74 Å². The predicted molar refractivity (Wildman–Crippen MR) is 66.6 cm³/mol. The zero-order valence-corrected chi connectivity index (χ0v) is 10.4. The number of halogens is 3. The SMILES string of the molecule is COc1ccc(-c2cnccc2C(F)(F)F)cc1C=O. The van der Waals surface area contributed by atoms with E-state index in [0.717, 1.165) is 18.5 Å². The van der Waals surface area contributed by atoms with Crippen LogP contribution in [0.1, 0.15) is 15.9 Å². The van der Waals surface area contributed by atoms with Crippen molar-refractivity contribution in [1.82, 2.24) is 4.98 Å². The van der Waals surface area contributed by atoms with Crippen LogP contribution in [-0.2, 0) is 6.18 Å². The zero-order chi connectivity index (χ0) is 14.8. The number of aldehydes is 1. The number of rotatable bonds is 3. The molecule has 1 aromatic carbocycles. The second-order valence-corrected chi connectivity index (χ2v) is 3.99. The fourth-order valence-corrected chi connectivity index (χ4v) is 1.87. The largest absolute Gasteiger partial charge is 0.496 e. The van der Waals surface area contributed by atoms with Crippen molar-refractivity contribution in [1.29, 1.82) is 0 Å². The van der Waals surface area contributed by atoms with E-state index in [2.05, 4.69) is 4.98 Å². The molecular formula is C14H10F3NO2. The summed E-state index contributed by atoms with van der Waals surface area (Å²) in [6, 6.07) is 5.16. The van der Waals surface area contributed by atoms with Crippen molar-refractivity contribution in [2.24, 2.45) is 0 Å². The maximum Gasteiger partial charge on any atom is 0.417 e. The highest BCUT2D eigenvalue weighted by atomic mass is 19.4.